The van der Waals surface area contributed by atoms with Crippen molar-refractivity contribution in [1.82, 2.24) is 9.29 Å². The summed E-state index contributed by atoms with van der Waals surface area (Å²) in [4.78, 5) is 11.2. The van der Waals surface area contributed by atoms with Gasteiger partial charge in [-0.25, -0.2) is 17.2 Å². The number of nitrogens with zero attached hydrogens (tertiary/aromatic N) is 1. The van der Waals surface area contributed by atoms with Gasteiger partial charge in [0.05, 0.1) is 5.52 Å². The first kappa shape index (κ1) is 22.3. The van der Waals surface area contributed by atoms with Gasteiger partial charge in [-0.2, -0.15) is 13.2 Å². The van der Waals surface area contributed by atoms with E-state index in [1.807, 2.05) is 32.2 Å². The Kier molecular flexibility index (Phi) is 5.99. The minimum absolute atomic E-state index is 0.420. The number of carboxylic acids is 1. The number of benzene rings is 1. The van der Waals surface area contributed by atoms with Crippen LogP contribution in [-0.2, 0) is 27.8 Å². The number of aliphatic carboxylic acids is 1. The van der Waals surface area contributed by atoms with E-state index in [0.717, 1.165) is 45.7 Å². The van der Waals surface area contributed by atoms with Crippen LogP contribution < -0.4 is 5.32 Å². The third-order valence-electron chi connectivity index (χ3n) is 4.62. The molecule has 1 aliphatic rings. The highest BCUT2D eigenvalue weighted by Gasteiger charge is 2.38. The zero-order chi connectivity index (χ0) is 22.3. The Labute approximate surface area is 175 Å². The van der Waals surface area contributed by atoms with Crippen LogP contribution in [0.1, 0.15) is 20.9 Å². The van der Waals surface area contributed by atoms with E-state index in [0.29, 0.717) is 4.90 Å². The Morgan fingerprint density at radius 1 is 1.23 bits per heavy atom. The van der Waals surface area contributed by atoms with E-state index in [9.17, 15) is 21.6 Å². The second kappa shape index (κ2) is 8.05. The fourth-order valence-corrected chi connectivity index (χ4v) is 6.28. The number of rotatable bonds is 2. The molecule has 0 saturated heterocycles. The molecule has 0 unspecified atom stereocenters. The highest BCUT2D eigenvalue weighted by atomic mass is 32.2. The summed E-state index contributed by atoms with van der Waals surface area (Å²) in [7, 11) is -3.56. The molecule has 11 heteroatoms. The van der Waals surface area contributed by atoms with Gasteiger partial charge in [-0.15, -0.1) is 11.3 Å². The lowest BCUT2D eigenvalue weighted by atomic mass is 10.1. The molecule has 3 heterocycles. The van der Waals surface area contributed by atoms with Crippen LogP contribution in [0.2, 0.25) is 0 Å². The van der Waals surface area contributed by atoms with Gasteiger partial charge in [-0.1, -0.05) is 12.1 Å². The summed E-state index contributed by atoms with van der Waals surface area (Å²) in [5.74, 6) is -2.76. The molecule has 1 aliphatic heterocycles. The zero-order valence-electron chi connectivity index (χ0n) is 16.1. The molecule has 3 aromatic rings. The number of aryl methyl sites for hydroxylation is 2. The van der Waals surface area contributed by atoms with E-state index < -0.39 is 22.2 Å². The first-order valence-corrected chi connectivity index (χ1v) is 11.1. The van der Waals surface area contributed by atoms with Gasteiger partial charge in [-0.3, -0.25) is 0 Å². The maximum Gasteiger partial charge on any atom is 0.490 e. The van der Waals surface area contributed by atoms with Crippen LogP contribution in [0.3, 0.4) is 0 Å². The molecule has 162 valence electrons. The first-order valence-electron chi connectivity index (χ1n) is 8.88. The summed E-state index contributed by atoms with van der Waals surface area (Å²) in [5, 5.41) is 11.6. The molecule has 0 radical (unpaired) electrons. The summed E-state index contributed by atoms with van der Waals surface area (Å²) in [5.41, 5.74) is 3.06. The molecule has 0 bridgehead atoms. The van der Waals surface area contributed by atoms with E-state index in [4.69, 9.17) is 9.90 Å². The van der Waals surface area contributed by atoms with Crippen molar-refractivity contribution in [2.75, 3.05) is 6.54 Å². The van der Waals surface area contributed by atoms with Gasteiger partial charge in [0.15, 0.2) is 0 Å². The molecule has 0 amide bonds. The topological polar surface area (TPSA) is 88.4 Å². The van der Waals surface area contributed by atoms with Crippen LogP contribution in [0.15, 0.2) is 35.4 Å². The van der Waals surface area contributed by atoms with Crippen LogP contribution >= 0.6 is 11.3 Å². The van der Waals surface area contributed by atoms with Crippen molar-refractivity contribution in [3.05, 3.63) is 51.3 Å². The largest absolute Gasteiger partial charge is 0.490 e. The van der Waals surface area contributed by atoms with E-state index in [1.165, 1.54) is 20.9 Å². The van der Waals surface area contributed by atoms with Crippen LogP contribution in [0.5, 0.6) is 0 Å². The van der Waals surface area contributed by atoms with Crippen molar-refractivity contribution >= 4 is 38.2 Å². The molecule has 0 fully saturated rings. The molecule has 0 spiro atoms. The Hall–Kier alpha value is -2.37. The molecule has 1 aromatic carbocycles. The van der Waals surface area contributed by atoms with Gasteiger partial charge in [-0.05, 0) is 50.1 Å². The molecule has 4 rings (SSSR count). The van der Waals surface area contributed by atoms with Crippen LogP contribution in [0.25, 0.3) is 10.9 Å². The second-order valence-corrected chi connectivity index (χ2v) is 10.0. The summed E-state index contributed by atoms with van der Waals surface area (Å²) >= 11 is 1.53. The predicted octanol–water partition coefficient (Wildman–Crippen LogP) is 3.84. The zero-order valence-corrected chi connectivity index (χ0v) is 17.7. The van der Waals surface area contributed by atoms with Crippen LogP contribution in [-0.4, -0.2) is 36.2 Å². The lowest BCUT2D eigenvalue weighted by Gasteiger charge is -2.08. The standard InChI is InChI=1S/C17H18N2O2S2.C2HF3O2/c1-11-8-16(12(2)22-11)23(20,21)19-10-14-6-7-18-9-13-4-3-5-15(19)17(13)14;3-2(4,5)1(6)7/h3-5,8,10,18H,6-7,9H2,1-2H3;(H,6,7). The summed E-state index contributed by atoms with van der Waals surface area (Å²) in [6.45, 7) is 5.46. The molecule has 0 aliphatic carbocycles. The fraction of sp³-hybridized carbons (Fsp3) is 0.316. The highest BCUT2D eigenvalue weighted by Crippen LogP contribution is 2.33. The molecule has 2 N–H and O–H groups in total. The van der Waals surface area contributed by atoms with Gasteiger partial charge in [0.2, 0.25) is 0 Å². The van der Waals surface area contributed by atoms with Crippen molar-refractivity contribution in [1.29, 1.82) is 0 Å². The second-order valence-electron chi connectivity index (χ2n) is 6.77. The molecule has 0 atom stereocenters. The quantitative estimate of drug-likeness (QED) is 0.607. The normalized spacial score (nSPS) is 14.2. The van der Waals surface area contributed by atoms with Gasteiger partial charge in [0, 0.05) is 27.9 Å². The smallest absolute Gasteiger partial charge is 0.475 e. The van der Waals surface area contributed by atoms with Gasteiger partial charge in [0.25, 0.3) is 10.0 Å². The lowest BCUT2D eigenvalue weighted by molar-refractivity contribution is -0.192. The summed E-state index contributed by atoms with van der Waals surface area (Å²) < 4.78 is 59.6. The number of thiophene rings is 1. The molecule has 2 aromatic heterocycles. The summed E-state index contributed by atoms with van der Waals surface area (Å²) in [6.07, 6.45) is -2.43. The average molecular weight is 460 g/mol. The van der Waals surface area contributed by atoms with E-state index in [-0.39, 0.29) is 0 Å². The number of halogens is 3. The van der Waals surface area contributed by atoms with Gasteiger partial charge >= 0.3 is 12.1 Å². The molecule has 30 heavy (non-hydrogen) atoms. The third-order valence-corrected chi connectivity index (χ3v) is 7.52. The van der Waals surface area contributed by atoms with Gasteiger partial charge < -0.3 is 10.4 Å². The van der Waals surface area contributed by atoms with Crippen LogP contribution in [0, 0.1) is 13.8 Å². The molecular formula is C19H19F3N2O4S2. The highest BCUT2D eigenvalue weighted by molar-refractivity contribution is 7.90. The Bertz CT molecular complexity index is 1210. The number of alkyl halides is 3. The van der Waals surface area contributed by atoms with Crippen molar-refractivity contribution in [3.63, 3.8) is 0 Å². The first-order chi connectivity index (χ1) is 13.9. The monoisotopic (exact) mass is 460 g/mol. The predicted molar refractivity (Wildman–Crippen MR) is 107 cm³/mol. The average Bonchev–Trinajstić information content (AvgIpc) is 3.11. The Morgan fingerprint density at radius 2 is 1.90 bits per heavy atom. The number of hydrogen-bond acceptors (Lipinski definition) is 5. The number of carbonyl (C=O) groups is 1. The van der Waals surface area contributed by atoms with E-state index in [1.54, 1.807) is 6.07 Å². The minimum Gasteiger partial charge on any atom is -0.475 e. The molecule has 6 nitrogen and oxygen atoms in total. The van der Waals surface area contributed by atoms with Crippen molar-refractivity contribution in [3.8, 4) is 0 Å². The third kappa shape index (κ3) is 4.23. The minimum atomic E-state index is -5.08. The Morgan fingerprint density at radius 3 is 2.47 bits per heavy atom. The molecular weight excluding hydrogens is 441 g/mol. The number of nitrogens with one attached hydrogen (secondary N) is 1. The maximum absolute atomic E-state index is 13.2. The van der Waals surface area contributed by atoms with Crippen molar-refractivity contribution in [2.45, 2.75) is 37.9 Å². The van der Waals surface area contributed by atoms with Gasteiger partial charge in [0.1, 0.15) is 4.90 Å². The summed E-state index contributed by atoms with van der Waals surface area (Å²) in [6, 6.07) is 7.69. The number of aromatic nitrogens is 1. The SMILES string of the molecule is Cc1cc(S(=O)(=O)n2cc3c4c(cccc42)CNCC3)c(C)s1.O=C(O)C(F)(F)F. The molecule has 0 saturated carbocycles. The number of carboxylic acid groups (broad SMARTS) is 1. The Balaban J connectivity index is 0.000000318. The van der Waals surface area contributed by atoms with Crippen molar-refractivity contribution < 1.29 is 31.5 Å². The van der Waals surface area contributed by atoms with Crippen molar-refractivity contribution in [2.24, 2.45) is 0 Å². The van der Waals surface area contributed by atoms with E-state index >= 15 is 0 Å². The maximum atomic E-state index is 13.2. The van der Waals surface area contributed by atoms with Crippen LogP contribution in [0.4, 0.5) is 13.2 Å². The number of hydrogen-bond donors (Lipinski definition) is 2. The fourth-order valence-electron chi connectivity index (χ4n) is 3.37. The van der Waals surface area contributed by atoms with E-state index in [2.05, 4.69) is 11.4 Å². The lowest BCUT2D eigenvalue weighted by Crippen LogP contribution is -2.21.